The molecule has 0 saturated carbocycles. The highest BCUT2D eigenvalue weighted by atomic mass is 35.5. The summed E-state index contributed by atoms with van der Waals surface area (Å²) in [5, 5.41) is 10.7. The molecule has 0 bridgehead atoms. The molecule has 0 aliphatic carbocycles. The molecule has 0 aliphatic rings. The first-order chi connectivity index (χ1) is 12.2. The highest BCUT2D eigenvalue weighted by molar-refractivity contribution is 6.31. The molecule has 1 amide bonds. The lowest BCUT2D eigenvalue weighted by atomic mass is 10.2. The fourth-order valence-electron chi connectivity index (χ4n) is 2.38. The molecule has 2 N–H and O–H groups in total. The normalized spacial score (nSPS) is 10.3. The van der Waals surface area contributed by atoms with Gasteiger partial charge >= 0.3 is 0 Å². The molecule has 1 heterocycles. The summed E-state index contributed by atoms with van der Waals surface area (Å²) in [6.07, 6.45) is 3.55. The zero-order chi connectivity index (χ0) is 17.6. The number of benzene rings is 2. The van der Waals surface area contributed by atoms with E-state index in [2.05, 4.69) is 15.7 Å². The minimum atomic E-state index is -0.212. The van der Waals surface area contributed by atoms with Crippen molar-refractivity contribution in [2.75, 3.05) is 24.3 Å². The third-order valence-electron chi connectivity index (χ3n) is 3.53. The summed E-state index contributed by atoms with van der Waals surface area (Å²) >= 11 is 5.98. The molecule has 2 aromatic carbocycles. The molecule has 0 saturated heterocycles. The van der Waals surface area contributed by atoms with Gasteiger partial charge in [0.1, 0.15) is 5.75 Å². The second kappa shape index (κ2) is 7.72. The Morgan fingerprint density at radius 3 is 2.80 bits per heavy atom. The minimum Gasteiger partial charge on any atom is -0.495 e. The summed E-state index contributed by atoms with van der Waals surface area (Å²) in [5.41, 5.74) is 2.20. The monoisotopic (exact) mass is 356 g/mol. The van der Waals surface area contributed by atoms with Crippen molar-refractivity contribution in [2.45, 2.75) is 0 Å². The number of para-hydroxylation sites is 2. The van der Waals surface area contributed by atoms with Crippen LogP contribution in [0.3, 0.4) is 0 Å². The predicted octanol–water partition coefficient (Wildman–Crippen LogP) is 3.58. The van der Waals surface area contributed by atoms with Gasteiger partial charge in [0.15, 0.2) is 0 Å². The van der Waals surface area contributed by atoms with Crippen LogP contribution in [0.25, 0.3) is 5.69 Å². The van der Waals surface area contributed by atoms with E-state index in [1.165, 1.54) is 7.11 Å². The van der Waals surface area contributed by atoms with E-state index >= 15 is 0 Å². The summed E-state index contributed by atoms with van der Waals surface area (Å²) in [6.45, 7) is 0.0912. The molecular formula is C18H17ClN4O2. The molecule has 0 atom stereocenters. The number of halogens is 1. The molecule has 0 spiro atoms. The molecule has 3 aromatic rings. The lowest BCUT2D eigenvalue weighted by Gasteiger charge is -2.13. The summed E-state index contributed by atoms with van der Waals surface area (Å²) < 4.78 is 6.96. The molecule has 0 radical (unpaired) electrons. The van der Waals surface area contributed by atoms with Gasteiger partial charge in [-0.3, -0.25) is 4.79 Å². The molecule has 25 heavy (non-hydrogen) atoms. The predicted molar refractivity (Wildman–Crippen MR) is 98.7 cm³/mol. The van der Waals surface area contributed by atoms with Gasteiger partial charge in [-0.25, -0.2) is 4.68 Å². The van der Waals surface area contributed by atoms with E-state index in [4.69, 9.17) is 16.3 Å². The fourth-order valence-corrected chi connectivity index (χ4v) is 2.55. The molecule has 0 unspecified atom stereocenters. The molecule has 7 heteroatoms. The van der Waals surface area contributed by atoms with E-state index in [9.17, 15) is 4.79 Å². The number of anilines is 2. The Morgan fingerprint density at radius 1 is 1.20 bits per heavy atom. The molecule has 1 aromatic heterocycles. The molecule has 3 rings (SSSR count). The maximum absolute atomic E-state index is 12.3. The Labute approximate surface area is 150 Å². The van der Waals surface area contributed by atoms with Crippen LogP contribution in [0.4, 0.5) is 11.4 Å². The van der Waals surface area contributed by atoms with E-state index in [0.29, 0.717) is 16.5 Å². The maximum atomic E-state index is 12.3. The second-order valence-electron chi connectivity index (χ2n) is 5.21. The average Bonchev–Trinajstić information content (AvgIpc) is 3.15. The van der Waals surface area contributed by atoms with Crippen LogP contribution >= 0.6 is 11.6 Å². The van der Waals surface area contributed by atoms with E-state index in [1.807, 2.05) is 36.5 Å². The quantitative estimate of drug-likeness (QED) is 0.708. The van der Waals surface area contributed by atoms with Crippen LogP contribution < -0.4 is 15.4 Å². The number of hydrogen-bond donors (Lipinski definition) is 2. The summed E-state index contributed by atoms with van der Waals surface area (Å²) in [5.74, 6) is 0.338. The molecule has 0 aliphatic heterocycles. The van der Waals surface area contributed by atoms with Gasteiger partial charge in [0.25, 0.3) is 0 Å². The lowest BCUT2D eigenvalue weighted by Crippen LogP contribution is -2.22. The first-order valence-corrected chi connectivity index (χ1v) is 8.01. The zero-order valence-corrected chi connectivity index (χ0v) is 14.3. The summed E-state index contributed by atoms with van der Waals surface area (Å²) in [6, 6.07) is 14.5. The van der Waals surface area contributed by atoms with Crippen LogP contribution in [0, 0.1) is 0 Å². The molecular weight excluding hydrogens is 340 g/mol. The fraction of sp³-hybridized carbons (Fsp3) is 0.111. The summed E-state index contributed by atoms with van der Waals surface area (Å²) in [4.78, 5) is 12.3. The SMILES string of the molecule is COc1ccc(Cl)cc1NC(=O)CNc1ccccc1-n1cccn1. The van der Waals surface area contributed by atoms with Gasteiger partial charge in [0.2, 0.25) is 5.91 Å². The topological polar surface area (TPSA) is 68.2 Å². The van der Waals surface area contributed by atoms with Gasteiger partial charge in [-0.2, -0.15) is 5.10 Å². The Morgan fingerprint density at radius 2 is 2.04 bits per heavy atom. The van der Waals surface area contributed by atoms with E-state index in [-0.39, 0.29) is 12.5 Å². The van der Waals surface area contributed by atoms with E-state index in [1.54, 1.807) is 29.1 Å². The van der Waals surface area contributed by atoms with Crippen molar-refractivity contribution in [2.24, 2.45) is 0 Å². The number of hydrogen-bond acceptors (Lipinski definition) is 4. The third-order valence-corrected chi connectivity index (χ3v) is 3.77. The first-order valence-electron chi connectivity index (χ1n) is 7.63. The number of carbonyl (C=O) groups is 1. The van der Waals surface area contributed by atoms with Gasteiger partial charge in [-0.1, -0.05) is 23.7 Å². The van der Waals surface area contributed by atoms with Crippen LogP contribution in [-0.2, 0) is 4.79 Å². The number of methoxy groups -OCH3 is 1. The van der Waals surface area contributed by atoms with Crippen LogP contribution in [0.2, 0.25) is 5.02 Å². The van der Waals surface area contributed by atoms with Crippen molar-refractivity contribution in [3.05, 3.63) is 65.9 Å². The Kier molecular flexibility index (Phi) is 5.20. The molecule has 6 nitrogen and oxygen atoms in total. The smallest absolute Gasteiger partial charge is 0.243 e. The number of nitrogens with zero attached hydrogens (tertiary/aromatic N) is 2. The Bertz CT molecular complexity index is 865. The highest BCUT2D eigenvalue weighted by Crippen LogP contribution is 2.27. The van der Waals surface area contributed by atoms with Gasteiger partial charge in [-0.05, 0) is 36.4 Å². The van der Waals surface area contributed by atoms with Crippen LogP contribution in [0.5, 0.6) is 5.75 Å². The van der Waals surface area contributed by atoms with Crippen LogP contribution in [0.15, 0.2) is 60.9 Å². The lowest BCUT2D eigenvalue weighted by molar-refractivity contribution is -0.114. The first kappa shape index (κ1) is 16.9. The standard InChI is InChI=1S/C18H17ClN4O2/c1-25-17-8-7-13(19)11-15(17)22-18(24)12-20-14-5-2-3-6-16(14)23-10-4-9-21-23/h2-11,20H,12H2,1H3,(H,22,24). The van der Waals surface area contributed by atoms with Crippen molar-refractivity contribution < 1.29 is 9.53 Å². The largest absolute Gasteiger partial charge is 0.495 e. The minimum absolute atomic E-state index is 0.0912. The Hall–Kier alpha value is -2.99. The van der Waals surface area contributed by atoms with Crippen molar-refractivity contribution in [1.82, 2.24) is 9.78 Å². The number of ether oxygens (including phenoxy) is 1. The number of nitrogens with one attached hydrogen (secondary N) is 2. The number of rotatable bonds is 6. The van der Waals surface area contributed by atoms with Crippen molar-refractivity contribution >= 4 is 28.9 Å². The maximum Gasteiger partial charge on any atom is 0.243 e. The van der Waals surface area contributed by atoms with Crippen LogP contribution in [-0.4, -0.2) is 29.3 Å². The summed E-state index contributed by atoms with van der Waals surface area (Å²) in [7, 11) is 1.54. The third kappa shape index (κ3) is 4.10. The van der Waals surface area contributed by atoms with Gasteiger partial charge in [0.05, 0.1) is 30.7 Å². The van der Waals surface area contributed by atoms with Gasteiger partial charge < -0.3 is 15.4 Å². The van der Waals surface area contributed by atoms with Crippen molar-refractivity contribution in [1.29, 1.82) is 0 Å². The number of amides is 1. The average molecular weight is 357 g/mol. The van der Waals surface area contributed by atoms with Crippen molar-refractivity contribution in [3.63, 3.8) is 0 Å². The van der Waals surface area contributed by atoms with Gasteiger partial charge in [-0.15, -0.1) is 0 Å². The van der Waals surface area contributed by atoms with E-state index in [0.717, 1.165) is 11.4 Å². The Balaban J connectivity index is 1.69. The highest BCUT2D eigenvalue weighted by Gasteiger charge is 2.10. The zero-order valence-electron chi connectivity index (χ0n) is 13.6. The number of aromatic nitrogens is 2. The van der Waals surface area contributed by atoms with E-state index < -0.39 is 0 Å². The van der Waals surface area contributed by atoms with Crippen molar-refractivity contribution in [3.8, 4) is 11.4 Å². The number of carbonyl (C=O) groups excluding carboxylic acids is 1. The molecule has 128 valence electrons. The molecule has 0 fully saturated rings. The van der Waals surface area contributed by atoms with Gasteiger partial charge in [0, 0.05) is 17.4 Å². The van der Waals surface area contributed by atoms with Crippen LogP contribution in [0.1, 0.15) is 0 Å². The second-order valence-corrected chi connectivity index (χ2v) is 5.65.